The van der Waals surface area contributed by atoms with Crippen molar-refractivity contribution >= 4 is 0 Å². The number of nitrogens with zero attached hydrogens (tertiary/aromatic N) is 3. The maximum atomic E-state index is 9.03. The third-order valence-electron chi connectivity index (χ3n) is 4.19. The summed E-state index contributed by atoms with van der Waals surface area (Å²) in [6.07, 6.45) is 6.47. The van der Waals surface area contributed by atoms with Gasteiger partial charge in [-0.2, -0.15) is 5.10 Å². The Kier molecular flexibility index (Phi) is 5.93. The molecule has 0 bridgehead atoms. The zero-order valence-electron chi connectivity index (χ0n) is 14.5. The second-order valence-electron chi connectivity index (χ2n) is 6.27. The number of aliphatic hydroxyl groups excluding tert-OH is 1. The van der Waals surface area contributed by atoms with E-state index in [9.17, 15) is 0 Å². The van der Waals surface area contributed by atoms with Gasteiger partial charge in [-0.25, -0.2) is 4.68 Å². The average molecular weight is 336 g/mol. The van der Waals surface area contributed by atoms with Crippen LogP contribution in [0.2, 0.25) is 0 Å². The fourth-order valence-corrected chi connectivity index (χ4v) is 2.78. The Balaban J connectivity index is 1.83. The Bertz CT molecular complexity index is 771. The van der Waals surface area contributed by atoms with Gasteiger partial charge in [0, 0.05) is 42.9 Å². The van der Waals surface area contributed by atoms with Crippen LogP contribution in [-0.2, 0) is 6.54 Å². The van der Waals surface area contributed by atoms with Crippen LogP contribution < -0.4 is 5.32 Å². The quantitative estimate of drug-likeness (QED) is 0.664. The predicted molar refractivity (Wildman–Crippen MR) is 99.4 cm³/mol. The van der Waals surface area contributed by atoms with Gasteiger partial charge in [0.15, 0.2) is 0 Å². The molecule has 3 aromatic rings. The molecule has 3 rings (SSSR count). The van der Waals surface area contributed by atoms with Crippen molar-refractivity contribution in [3.8, 4) is 16.9 Å². The highest BCUT2D eigenvalue weighted by Crippen LogP contribution is 2.23. The third-order valence-corrected chi connectivity index (χ3v) is 4.19. The van der Waals surface area contributed by atoms with Crippen LogP contribution in [0.3, 0.4) is 0 Å². The van der Waals surface area contributed by atoms with Crippen molar-refractivity contribution in [3.05, 3.63) is 66.6 Å². The molecule has 1 atom stereocenters. The summed E-state index contributed by atoms with van der Waals surface area (Å²) in [7, 11) is 0. The summed E-state index contributed by atoms with van der Waals surface area (Å²) in [6.45, 7) is 3.98. The van der Waals surface area contributed by atoms with Gasteiger partial charge in [0.05, 0.1) is 11.4 Å². The van der Waals surface area contributed by atoms with Gasteiger partial charge in [0.1, 0.15) is 0 Å². The van der Waals surface area contributed by atoms with Gasteiger partial charge in [-0.15, -0.1) is 0 Å². The lowest BCUT2D eigenvalue weighted by molar-refractivity contribution is 0.260. The smallest absolute Gasteiger partial charge is 0.0973 e. The van der Waals surface area contributed by atoms with E-state index in [4.69, 9.17) is 10.2 Å². The molecular weight excluding hydrogens is 312 g/mol. The van der Waals surface area contributed by atoms with Crippen LogP contribution in [0.25, 0.3) is 16.9 Å². The van der Waals surface area contributed by atoms with E-state index in [2.05, 4.69) is 23.4 Å². The topological polar surface area (TPSA) is 63.0 Å². The lowest BCUT2D eigenvalue weighted by Gasteiger charge is -2.11. The van der Waals surface area contributed by atoms with Crippen molar-refractivity contribution < 1.29 is 5.11 Å². The number of para-hydroxylation sites is 1. The maximum Gasteiger partial charge on any atom is 0.0973 e. The summed E-state index contributed by atoms with van der Waals surface area (Å²) in [4.78, 5) is 4.10. The summed E-state index contributed by atoms with van der Waals surface area (Å²) in [6, 6.07) is 14.1. The van der Waals surface area contributed by atoms with Crippen molar-refractivity contribution in [1.82, 2.24) is 20.1 Å². The van der Waals surface area contributed by atoms with Crippen LogP contribution in [0.4, 0.5) is 0 Å². The Labute approximate surface area is 148 Å². The van der Waals surface area contributed by atoms with Crippen LogP contribution in [0, 0.1) is 5.92 Å². The van der Waals surface area contributed by atoms with Gasteiger partial charge in [-0.05, 0) is 43.1 Å². The molecule has 2 N–H and O–H groups in total. The molecule has 25 heavy (non-hydrogen) atoms. The lowest BCUT2D eigenvalue weighted by Crippen LogP contribution is -2.21. The molecule has 0 spiro atoms. The third kappa shape index (κ3) is 4.53. The zero-order valence-corrected chi connectivity index (χ0v) is 14.5. The SMILES string of the molecule is CC(CCO)CNCc1cn(-c2ccccc2)nc1-c1ccncc1. The molecule has 130 valence electrons. The van der Waals surface area contributed by atoms with Gasteiger partial charge in [-0.1, -0.05) is 25.1 Å². The Morgan fingerprint density at radius 3 is 2.60 bits per heavy atom. The molecule has 0 fully saturated rings. The van der Waals surface area contributed by atoms with Crippen LogP contribution in [-0.4, -0.2) is 33.0 Å². The molecule has 1 unspecified atom stereocenters. The fraction of sp³-hybridized carbons (Fsp3) is 0.300. The highest BCUT2D eigenvalue weighted by Gasteiger charge is 2.12. The summed E-state index contributed by atoms with van der Waals surface area (Å²) >= 11 is 0. The minimum atomic E-state index is 0.233. The number of rotatable bonds is 8. The molecular formula is C20H24N4O. The van der Waals surface area contributed by atoms with E-state index >= 15 is 0 Å². The molecule has 2 heterocycles. The Hall–Kier alpha value is -2.50. The van der Waals surface area contributed by atoms with E-state index in [0.717, 1.165) is 42.0 Å². The molecule has 5 nitrogen and oxygen atoms in total. The summed E-state index contributed by atoms with van der Waals surface area (Å²) < 4.78 is 1.92. The Morgan fingerprint density at radius 2 is 1.88 bits per heavy atom. The second-order valence-corrected chi connectivity index (χ2v) is 6.27. The molecule has 0 saturated carbocycles. The van der Waals surface area contributed by atoms with Crippen LogP contribution in [0.5, 0.6) is 0 Å². The zero-order chi connectivity index (χ0) is 17.5. The van der Waals surface area contributed by atoms with Gasteiger partial charge in [0.25, 0.3) is 0 Å². The van der Waals surface area contributed by atoms with E-state index in [1.54, 1.807) is 12.4 Å². The molecule has 0 aliphatic rings. The molecule has 0 aliphatic carbocycles. The molecule has 0 aliphatic heterocycles. The molecule has 0 saturated heterocycles. The number of nitrogens with one attached hydrogen (secondary N) is 1. The van der Waals surface area contributed by atoms with Crippen LogP contribution in [0.1, 0.15) is 18.9 Å². The van der Waals surface area contributed by atoms with Crippen LogP contribution in [0.15, 0.2) is 61.1 Å². The standard InChI is InChI=1S/C20H24N4O/c1-16(9-12-25)13-22-14-18-15-24(19-5-3-2-4-6-19)23-20(18)17-7-10-21-11-8-17/h2-8,10-11,15-16,22,25H,9,12-14H2,1H3. The molecule has 2 aromatic heterocycles. The van der Waals surface area contributed by atoms with E-state index in [1.165, 1.54) is 0 Å². The average Bonchev–Trinajstić information content (AvgIpc) is 3.08. The van der Waals surface area contributed by atoms with Gasteiger partial charge >= 0.3 is 0 Å². The lowest BCUT2D eigenvalue weighted by atomic mass is 10.1. The normalized spacial score (nSPS) is 12.2. The number of pyridine rings is 1. The summed E-state index contributed by atoms with van der Waals surface area (Å²) in [5.74, 6) is 0.443. The molecule has 0 radical (unpaired) electrons. The first-order valence-corrected chi connectivity index (χ1v) is 8.64. The number of hydrogen-bond acceptors (Lipinski definition) is 4. The number of aromatic nitrogens is 3. The van der Waals surface area contributed by atoms with Gasteiger partial charge in [0.2, 0.25) is 0 Å². The van der Waals surface area contributed by atoms with Gasteiger partial charge in [-0.3, -0.25) is 4.98 Å². The second kappa shape index (κ2) is 8.55. The van der Waals surface area contributed by atoms with E-state index in [1.807, 2.05) is 47.1 Å². The van der Waals surface area contributed by atoms with Crippen molar-refractivity contribution in [1.29, 1.82) is 0 Å². The monoisotopic (exact) mass is 336 g/mol. The number of benzene rings is 1. The van der Waals surface area contributed by atoms with E-state index < -0.39 is 0 Å². The highest BCUT2D eigenvalue weighted by molar-refractivity contribution is 5.62. The highest BCUT2D eigenvalue weighted by atomic mass is 16.3. The van der Waals surface area contributed by atoms with Crippen LogP contribution >= 0.6 is 0 Å². The first-order valence-electron chi connectivity index (χ1n) is 8.64. The van der Waals surface area contributed by atoms with E-state index in [0.29, 0.717) is 5.92 Å². The fourth-order valence-electron chi connectivity index (χ4n) is 2.78. The largest absolute Gasteiger partial charge is 0.396 e. The first-order chi connectivity index (χ1) is 12.3. The molecule has 1 aromatic carbocycles. The van der Waals surface area contributed by atoms with E-state index in [-0.39, 0.29) is 6.61 Å². The Morgan fingerprint density at radius 1 is 1.12 bits per heavy atom. The number of aliphatic hydroxyl groups is 1. The van der Waals surface area contributed by atoms with Gasteiger partial charge < -0.3 is 10.4 Å². The summed E-state index contributed by atoms with van der Waals surface area (Å²) in [5.41, 5.74) is 4.21. The first kappa shape index (κ1) is 17.3. The molecule has 5 heteroatoms. The maximum absolute atomic E-state index is 9.03. The predicted octanol–water partition coefficient (Wildman–Crippen LogP) is 3.04. The molecule has 0 amide bonds. The summed E-state index contributed by atoms with van der Waals surface area (Å²) in [5, 5.41) is 17.3. The van der Waals surface area contributed by atoms with Crippen molar-refractivity contribution in [2.24, 2.45) is 5.92 Å². The van der Waals surface area contributed by atoms with Crippen molar-refractivity contribution in [3.63, 3.8) is 0 Å². The van der Waals surface area contributed by atoms with Crippen molar-refractivity contribution in [2.75, 3.05) is 13.2 Å². The number of hydrogen-bond donors (Lipinski definition) is 2. The van der Waals surface area contributed by atoms with Crippen molar-refractivity contribution in [2.45, 2.75) is 19.9 Å². The minimum Gasteiger partial charge on any atom is -0.396 e. The minimum absolute atomic E-state index is 0.233.